The Morgan fingerprint density at radius 3 is 2.69 bits per heavy atom. The number of carbonyl (C=O) groups excluding carboxylic acids is 1. The van der Waals surface area contributed by atoms with E-state index in [2.05, 4.69) is 15.6 Å². The fraction of sp³-hybridized carbons (Fsp3) is 0.105. The van der Waals surface area contributed by atoms with Gasteiger partial charge in [-0.3, -0.25) is 4.79 Å². The SMILES string of the molecule is COc1ccc(-c2nonc2NC(=O)c2sc3cc(Cl)cc(Cl)c3c2Cl)c(C)c1. The normalized spacial score (nSPS) is 11.1. The molecule has 0 aliphatic rings. The molecule has 0 unspecified atom stereocenters. The van der Waals surface area contributed by atoms with Crippen molar-refractivity contribution in [1.29, 1.82) is 0 Å². The summed E-state index contributed by atoms with van der Waals surface area (Å²) in [5.74, 6) is 0.438. The number of amides is 1. The molecule has 0 spiro atoms. The van der Waals surface area contributed by atoms with Crippen LogP contribution in [0, 0.1) is 6.92 Å². The first-order chi connectivity index (χ1) is 13.9. The van der Waals surface area contributed by atoms with Crippen molar-refractivity contribution in [3.05, 3.63) is 55.8 Å². The van der Waals surface area contributed by atoms with E-state index < -0.39 is 5.91 Å². The van der Waals surface area contributed by atoms with E-state index in [4.69, 9.17) is 44.2 Å². The Hall–Kier alpha value is -2.32. The van der Waals surface area contributed by atoms with Gasteiger partial charge in [-0.05, 0) is 53.1 Å². The molecule has 0 aliphatic carbocycles. The van der Waals surface area contributed by atoms with Crippen molar-refractivity contribution in [3.8, 4) is 17.0 Å². The van der Waals surface area contributed by atoms with E-state index in [0.29, 0.717) is 31.6 Å². The molecule has 0 fully saturated rings. The van der Waals surface area contributed by atoms with Gasteiger partial charge in [0.2, 0.25) is 5.82 Å². The highest BCUT2D eigenvalue weighted by Gasteiger charge is 2.23. The van der Waals surface area contributed by atoms with E-state index in [0.717, 1.165) is 11.1 Å². The average Bonchev–Trinajstić information content (AvgIpc) is 3.25. The zero-order valence-electron chi connectivity index (χ0n) is 15.0. The molecule has 0 bridgehead atoms. The van der Waals surface area contributed by atoms with E-state index in [-0.39, 0.29) is 15.7 Å². The Morgan fingerprint density at radius 2 is 1.97 bits per heavy atom. The maximum atomic E-state index is 12.9. The van der Waals surface area contributed by atoms with Crippen molar-refractivity contribution in [2.24, 2.45) is 0 Å². The summed E-state index contributed by atoms with van der Waals surface area (Å²) in [6, 6.07) is 8.75. The molecule has 2 heterocycles. The molecule has 2 aromatic heterocycles. The van der Waals surface area contributed by atoms with Crippen LogP contribution in [0.15, 0.2) is 35.0 Å². The zero-order valence-corrected chi connectivity index (χ0v) is 18.1. The molecule has 0 radical (unpaired) electrons. The first kappa shape index (κ1) is 20.0. The monoisotopic (exact) mass is 467 g/mol. The Balaban J connectivity index is 1.69. The number of halogens is 3. The van der Waals surface area contributed by atoms with Gasteiger partial charge in [-0.15, -0.1) is 11.3 Å². The van der Waals surface area contributed by atoms with Crippen LogP contribution in [0.2, 0.25) is 15.1 Å². The number of benzene rings is 2. The van der Waals surface area contributed by atoms with E-state index >= 15 is 0 Å². The number of carbonyl (C=O) groups is 1. The van der Waals surface area contributed by atoms with Crippen molar-refractivity contribution < 1.29 is 14.2 Å². The number of ether oxygens (including phenoxy) is 1. The number of fused-ring (bicyclic) bond motifs is 1. The lowest BCUT2D eigenvalue weighted by Gasteiger charge is -2.07. The highest BCUT2D eigenvalue weighted by Crippen LogP contribution is 2.41. The Morgan fingerprint density at radius 1 is 1.17 bits per heavy atom. The van der Waals surface area contributed by atoms with Gasteiger partial charge in [0, 0.05) is 20.7 Å². The Kier molecular flexibility index (Phi) is 5.40. The lowest BCUT2D eigenvalue weighted by atomic mass is 10.1. The standard InChI is InChI=1S/C19H12Cl3N3O3S/c1-8-5-10(27-2)3-4-11(8)16-18(25-28-24-16)23-19(26)17-15(22)14-12(21)6-9(20)7-13(14)29-17/h3-7H,1-2H3,(H,23,25,26). The molecule has 10 heteroatoms. The largest absolute Gasteiger partial charge is 0.497 e. The second-order valence-corrected chi connectivity index (χ2v) is 8.38. The highest BCUT2D eigenvalue weighted by atomic mass is 35.5. The second-order valence-electron chi connectivity index (χ2n) is 6.10. The molecule has 0 saturated carbocycles. The predicted octanol–water partition coefficient (Wildman–Crippen LogP) is 6.48. The molecule has 148 valence electrons. The third kappa shape index (κ3) is 3.67. The van der Waals surface area contributed by atoms with Crippen LogP contribution in [-0.2, 0) is 0 Å². The summed E-state index contributed by atoms with van der Waals surface area (Å²) < 4.78 is 10.8. The molecule has 29 heavy (non-hydrogen) atoms. The number of anilines is 1. The van der Waals surface area contributed by atoms with Crippen molar-refractivity contribution in [2.75, 3.05) is 12.4 Å². The van der Waals surface area contributed by atoms with Crippen molar-refractivity contribution >= 4 is 68.0 Å². The third-order valence-corrected chi connectivity index (χ3v) is 6.41. The van der Waals surface area contributed by atoms with E-state index in [9.17, 15) is 4.79 Å². The quantitative estimate of drug-likeness (QED) is 0.371. The van der Waals surface area contributed by atoms with Crippen molar-refractivity contribution in [1.82, 2.24) is 10.3 Å². The van der Waals surface area contributed by atoms with E-state index in [1.165, 1.54) is 11.3 Å². The maximum absolute atomic E-state index is 12.9. The van der Waals surface area contributed by atoms with Crippen LogP contribution in [0.4, 0.5) is 5.82 Å². The molecule has 4 aromatic rings. The fourth-order valence-corrected chi connectivity index (χ4v) is 5.17. The van der Waals surface area contributed by atoms with Gasteiger partial charge >= 0.3 is 0 Å². The number of nitrogens with zero attached hydrogens (tertiary/aromatic N) is 2. The van der Waals surface area contributed by atoms with E-state index in [1.54, 1.807) is 25.3 Å². The number of aromatic nitrogens is 2. The molecular weight excluding hydrogens is 457 g/mol. The Bertz CT molecular complexity index is 1250. The van der Waals surface area contributed by atoms with Crippen LogP contribution < -0.4 is 10.1 Å². The molecule has 2 aromatic carbocycles. The minimum absolute atomic E-state index is 0.181. The van der Waals surface area contributed by atoms with Gasteiger partial charge in [0.15, 0.2) is 5.69 Å². The number of aryl methyl sites for hydroxylation is 1. The van der Waals surface area contributed by atoms with Crippen LogP contribution in [0.25, 0.3) is 21.3 Å². The van der Waals surface area contributed by atoms with Crippen LogP contribution in [0.5, 0.6) is 5.75 Å². The lowest BCUT2D eigenvalue weighted by molar-refractivity contribution is 0.102. The summed E-state index contributed by atoms with van der Waals surface area (Å²) in [7, 11) is 1.59. The summed E-state index contributed by atoms with van der Waals surface area (Å²) in [5.41, 5.74) is 2.04. The summed E-state index contributed by atoms with van der Waals surface area (Å²) in [5, 5.41) is 12.1. The van der Waals surface area contributed by atoms with Gasteiger partial charge in [0.25, 0.3) is 5.91 Å². The summed E-state index contributed by atoms with van der Waals surface area (Å²) in [4.78, 5) is 13.2. The molecule has 4 rings (SSSR count). The Labute approximate surface area is 184 Å². The number of hydrogen-bond acceptors (Lipinski definition) is 6. The first-order valence-corrected chi connectivity index (χ1v) is 10.2. The summed E-state index contributed by atoms with van der Waals surface area (Å²) >= 11 is 19.9. The smallest absolute Gasteiger partial charge is 0.268 e. The van der Waals surface area contributed by atoms with Gasteiger partial charge < -0.3 is 10.1 Å². The van der Waals surface area contributed by atoms with E-state index in [1.807, 2.05) is 19.1 Å². The van der Waals surface area contributed by atoms with Crippen molar-refractivity contribution in [2.45, 2.75) is 6.92 Å². The van der Waals surface area contributed by atoms with Gasteiger partial charge in [-0.1, -0.05) is 34.8 Å². The number of rotatable bonds is 4. The van der Waals surface area contributed by atoms with Gasteiger partial charge in [0.05, 0.1) is 17.2 Å². The molecule has 0 saturated heterocycles. The third-order valence-electron chi connectivity index (χ3n) is 4.27. The number of thiophene rings is 1. The number of methoxy groups -OCH3 is 1. The number of hydrogen-bond donors (Lipinski definition) is 1. The van der Waals surface area contributed by atoms with Crippen LogP contribution in [0.1, 0.15) is 15.2 Å². The molecule has 1 amide bonds. The summed E-state index contributed by atoms with van der Waals surface area (Å²) in [6.45, 7) is 1.90. The molecular formula is C19H12Cl3N3O3S. The van der Waals surface area contributed by atoms with Crippen molar-refractivity contribution in [3.63, 3.8) is 0 Å². The van der Waals surface area contributed by atoms with Crippen LogP contribution >= 0.6 is 46.1 Å². The first-order valence-electron chi connectivity index (χ1n) is 8.25. The average molecular weight is 469 g/mol. The molecule has 1 N–H and O–H groups in total. The van der Waals surface area contributed by atoms with Crippen LogP contribution in [-0.4, -0.2) is 23.3 Å². The summed E-state index contributed by atoms with van der Waals surface area (Å²) in [6.07, 6.45) is 0. The second kappa shape index (κ2) is 7.84. The maximum Gasteiger partial charge on any atom is 0.268 e. The predicted molar refractivity (Wildman–Crippen MR) is 116 cm³/mol. The zero-order chi connectivity index (χ0) is 20.7. The van der Waals surface area contributed by atoms with Gasteiger partial charge in [0.1, 0.15) is 10.6 Å². The molecule has 0 atom stereocenters. The number of nitrogens with one attached hydrogen (secondary N) is 1. The topological polar surface area (TPSA) is 77.2 Å². The minimum Gasteiger partial charge on any atom is -0.497 e. The molecule has 0 aliphatic heterocycles. The fourth-order valence-electron chi connectivity index (χ4n) is 2.90. The van der Waals surface area contributed by atoms with Crippen LogP contribution in [0.3, 0.4) is 0 Å². The molecule has 6 nitrogen and oxygen atoms in total. The lowest BCUT2D eigenvalue weighted by Crippen LogP contribution is -2.11. The highest BCUT2D eigenvalue weighted by molar-refractivity contribution is 7.21. The van der Waals surface area contributed by atoms with Gasteiger partial charge in [-0.2, -0.15) is 0 Å². The minimum atomic E-state index is -0.452. The van der Waals surface area contributed by atoms with Gasteiger partial charge in [-0.25, -0.2) is 4.63 Å².